The highest BCUT2D eigenvalue weighted by molar-refractivity contribution is 5.88. The summed E-state index contributed by atoms with van der Waals surface area (Å²) in [4.78, 5) is 14.0. The van der Waals surface area contributed by atoms with Gasteiger partial charge in [-0.15, -0.1) is 0 Å². The first-order valence-electron chi connectivity index (χ1n) is 12.7. The molecule has 1 aliphatic heterocycles. The Hall–Kier alpha value is -2.32. The minimum atomic E-state index is -0.641. The Kier molecular flexibility index (Phi) is 6.71. The maximum Gasteiger partial charge on any atom is 0.310 e. The molecule has 0 amide bonds. The predicted molar refractivity (Wildman–Crippen MR) is 126 cm³/mol. The second kappa shape index (κ2) is 9.74. The summed E-state index contributed by atoms with van der Waals surface area (Å²) in [6.45, 7) is 3.64. The number of ether oxygens (including phenoxy) is 2. The van der Waals surface area contributed by atoms with E-state index in [-0.39, 0.29) is 12.0 Å². The van der Waals surface area contributed by atoms with Gasteiger partial charge in [-0.05, 0) is 74.8 Å². The summed E-state index contributed by atoms with van der Waals surface area (Å²) in [5, 5.41) is 24.4. The lowest BCUT2D eigenvalue weighted by Crippen LogP contribution is -2.49. The SMILES string of the molecule is O=C(O)C1(CN2CCC(COc3noc4cccc(OCC5(CO)CCCC5)c34)CC2)CCC1. The molecular formula is C26H36N2O6. The molecule has 0 unspecified atom stereocenters. The van der Waals surface area contributed by atoms with Gasteiger partial charge in [0.2, 0.25) is 0 Å². The van der Waals surface area contributed by atoms with Crippen LogP contribution in [0.25, 0.3) is 11.0 Å². The number of aromatic nitrogens is 1. The number of benzene rings is 1. The van der Waals surface area contributed by atoms with Crippen LogP contribution in [0.3, 0.4) is 0 Å². The maximum atomic E-state index is 11.7. The van der Waals surface area contributed by atoms with Crippen molar-refractivity contribution in [2.45, 2.75) is 57.8 Å². The monoisotopic (exact) mass is 472 g/mol. The molecule has 1 aromatic carbocycles. The van der Waals surface area contributed by atoms with Crippen molar-refractivity contribution in [3.63, 3.8) is 0 Å². The molecular weight excluding hydrogens is 436 g/mol. The summed E-state index contributed by atoms with van der Waals surface area (Å²) in [6.07, 6.45) is 8.81. The molecule has 2 aromatic rings. The number of hydrogen-bond acceptors (Lipinski definition) is 7. The zero-order valence-electron chi connectivity index (χ0n) is 19.8. The summed E-state index contributed by atoms with van der Waals surface area (Å²) >= 11 is 0. The zero-order valence-corrected chi connectivity index (χ0v) is 19.8. The summed E-state index contributed by atoms with van der Waals surface area (Å²) in [5.74, 6) is 0.895. The van der Waals surface area contributed by atoms with Crippen LogP contribution in [0.2, 0.25) is 0 Å². The molecule has 1 aromatic heterocycles. The van der Waals surface area contributed by atoms with E-state index in [0.717, 1.165) is 76.3 Å². The fourth-order valence-corrected chi connectivity index (χ4v) is 5.84. The van der Waals surface area contributed by atoms with Gasteiger partial charge >= 0.3 is 5.97 Å². The Morgan fingerprint density at radius 2 is 1.88 bits per heavy atom. The quantitative estimate of drug-likeness (QED) is 0.532. The Morgan fingerprint density at radius 1 is 1.12 bits per heavy atom. The van der Waals surface area contributed by atoms with E-state index >= 15 is 0 Å². The van der Waals surface area contributed by atoms with Crippen molar-refractivity contribution < 1.29 is 29.0 Å². The standard InChI is InChI=1S/C26H36N2O6/c29-17-25(9-1-2-10-25)18-33-20-5-3-6-21-22(20)23(27-34-21)32-15-19-7-13-28(14-8-19)16-26(24(30)31)11-4-12-26/h3,5-6,19,29H,1-2,4,7-18H2,(H,30,31). The summed E-state index contributed by atoms with van der Waals surface area (Å²) in [6, 6.07) is 5.65. The third-order valence-corrected chi connectivity index (χ3v) is 8.42. The third kappa shape index (κ3) is 4.62. The van der Waals surface area contributed by atoms with Crippen LogP contribution in [0, 0.1) is 16.7 Å². The van der Waals surface area contributed by atoms with Crippen LogP contribution in [0.15, 0.2) is 22.7 Å². The number of aliphatic hydroxyl groups excluding tert-OH is 1. The highest BCUT2D eigenvalue weighted by Crippen LogP contribution is 2.43. The molecule has 2 N–H and O–H groups in total. The molecule has 34 heavy (non-hydrogen) atoms. The maximum absolute atomic E-state index is 11.7. The van der Waals surface area contributed by atoms with E-state index in [9.17, 15) is 15.0 Å². The molecule has 2 heterocycles. The molecule has 3 aliphatic rings. The first kappa shape index (κ1) is 23.4. The molecule has 2 saturated carbocycles. The number of piperidine rings is 1. The van der Waals surface area contributed by atoms with Crippen LogP contribution in [-0.4, -0.2) is 65.7 Å². The lowest BCUT2D eigenvalue weighted by molar-refractivity contribution is -0.156. The molecule has 3 fully saturated rings. The van der Waals surface area contributed by atoms with E-state index in [4.69, 9.17) is 14.0 Å². The number of rotatable bonds is 10. The van der Waals surface area contributed by atoms with E-state index in [0.29, 0.717) is 42.9 Å². The van der Waals surface area contributed by atoms with Gasteiger partial charge in [-0.3, -0.25) is 4.79 Å². The molecule has 0 atom stereocenters. The normalized spacial score (nSPS) is 22.5. The van der Waals surface area contributed by atoms with Gasteiger partial charge in [0.15, 0.2) is 5.58 Å². The molecule has 5 rings (SSSR count). The number of fused-ring (bicyclic) bond motifs is 1. The Bertz CT molecular complexity index is 986. The van der Waals surface area contributed by atoms with Crippen molar-refractivity contribution >= 4 is 16.9 Å². The van der Waals surface area contributed by atoms with Gasteiger partial charge in [0, 0.05) is 12.0 Å². The number of hydrogen-bond donors (Lipinski definition) is 2. The third-order valence-electron chi connectivity index (χ3n) is 8.42. The number of nitrogens with zero attached hydrogens (tertiary/aromatic N) is 2. The van der Waals surface area contributed by atoms with Crippen molar-refractivity contribution in [1.82, 2.24) is 10.1 Å². The van der Waals surface area contributed by atoms with Gasteiger partial charge in [0.1, 0.15) is 11.1 Å². The van der Waals surface area contributed by atoms with Gasteiger partial charge in [0.05, 0.1) is 25.2 Å². The smallest absolute Gasteiger partial charge is 0.310 e. The lowest BCUT2D eigenvalue weighted by Gasteiger charge is -2.43. The van der Waals surface area contributed by atoms with Gasteiger partial charge in [-0.25, -0.2) is 0 Å². The lowest BCUT2D eigenvalue weighted by atomic mass is 9.68. The number of carboxylic acid groups (broad SMARTS) is 1. The van der Waals surface area contributed by atoms with E-state index in [1.165, 1.54) is 0 Å². The van der Waals surface area contributed by atoms with Crippen LogP contribution < -0.4 is 9.47 Å². The van der Waals surface area contributed by atoms with E-state index < -0.39 is 11.4 Å². The minimum absolute atomic E-state index is 0.141. The van der Waals surface area contributed by atoms with Crippen molar-refractivity contribution in [2.75, 3.05) is 39.5 Å². The number of aliphatic hydroxyl groups is 1. The molecule has 1 saturated heterocycles. The van der Waals surface area contributed by atoms with Gasteiger partial charge in [-0.1, -0.05) is 25.3 Å². The number of carboxylic acids is 1. The highest BCUT2D eigenvalue weighted by Gasteiger charge is 2.45. The average molecular weight is 473 g/mol. The van der Waals surface area contributed by atoms with Crippen LogP contribution in [0.5, 0.6) is 11.6 Å². The summed E-state index contributed by atoms with van der Waals surface area (Å²) < 4.78 is 17.8. The molecule has 0 spiro atoms. The molecule has 8 nitrogen and oxygen atoms in total. The first-order chi connectivity index (χ1) is 16.5. The second-order valence-electron chi connectivity index (χ2n) is 10.7. The molecule has 186 valence electrons. The number of carbonyl (C=O) groups is 1. The van der Waals surface area contributed by atoms with Crippen molar-refractivity contribution in [3.8, 4) is 11.6 Å². The van der Waals surface area contributed by atoms with Gasteiger partial charge < -0.3 is 29.1 Å². The topological polar surface area (TPSA) is 105 Å². The Balaban J connectivity index is 1.17. The van der Waals surface area contributed by atoms with Crippen molar-refractivity contribution in [3.05, 3.63) is 18.2 Å². The van der Waals surface area contributed by atoms with E-state index in [2.05, 4.69) is 10.1 Å². The average Bonchev–Trinajstić information content (AvgIpc) is 3.47. The molecule has 8 heteroatoms. The Morgan fingerprint density at radius 3 is 2.53 bits per heavy atom. The van der Waals surface area contributed by atoms with Gasteiger partial charge in [-0.2, -0.15) is 0 Å². The van der Waals surface area contributed by atoms with Crippen LogP contribution in [0.1, 0.15) is 57.8 Å². The summed E-state index contributed by atoms with van der Waals surface area (Å²) in [7, 11) is 0. The van der Waals surface area contributed by atoms with Crippen LogP contribution >= 0.6 is 0 Å². The highest BCUT2D eigenvalue weighted by atomic mass is 16.5. The van der Waals surface area contributed by atoms with E-state index in [1.54, 1.807) is 0 Å². The van der Waals surface area contributed by atoms with E-state index in [1.807, 2.05) is 18.2 Å². The Labute approximate surface area is 200 Å². The first-order valence-corrected chi connectivity index (χ1v) is 12.7. The molecule has 0 bridgehead atoms. The predicted octanol–water partition coefficient (Wildman–Crippen LogP) is 4.11. The largest absolute Gasteiger partial charge is 0.492 e. The number of aliphatic carboxylic acids is 1. The van der Waals surface area contributed by atoms with Gasteiger partial charge in [0.25, 0.3) is 5.88 Å². The van der Waals surface area contributed by atoms with Crippen molar-refractivity contribution in [2.24, 2.45) is 16.7 Å². The number of likely N-dealkylation sites (tertiary alicyclic amines) is 1. The molecule has 2 aliphatic carbocycles. The van der Waals surface area contributed by atoms with Crippen LogP contribution in [-0.2, 0) is 4.79 Å². The zero-order chi connectivity index (χ0) is 23.6. The second-order valence-corrected chi connectivity index (χ2v) is 10.7. The summed E-state index contributed by atoms with van der Waals surface area (Å²) in [5.41, 5.74) is -0.0503. The van der Waals surface area contributed by atoms with Crippen LogP contribution in [0.4, 0.5) is 0 Å². The van der Waals surface area contributed by atoms with Crippen molar-refractivity contribution in [1.29, 1.82) is 0 Å². The minimum Gasteiger partial charge on any atom is -0.492 e. The fourth-order valence-electron chi connectivity index (χ4n) is 5.84. The molecule has 0 radical (unpaired) electrons. The fraction of sp³-hybridized carbons (Fsp3) is 0.692.